The molecule has 2 rings (SSSR count). The third-order valence-electron chi connectivity index (χ3n) is 3.52. The van der Waals surface area contributed by atoms with Gasteiger partial charge in [0.25, 0.3) is 5.91 Å². The fourth-order valence-corrected chi connectivity index (χ4v) is 1.93. The monoisotopic (exact) mass is 298 g/mol. The van der Waals surface area contributed by atoms with Gasteiger partial charge < -0.3 is 10.6 Å². The summed E-state index contributed by atoms with van der Waals surface area (Å²) in [5.41, 5.74) is 3.27. The molecule has 1 aromatic carbocycles. The van der Waals surface area contributed by atoms with Gasteiger partial charge in [-0.1, -0.05) is 19.1 Å². The first-order valence-corrected chi connectivity index (χ1v) is 7.47. The SMILES string of the molecule is CCC(C)Nc1nccc(C(=O)Nc2cc(C)ccc2C)n1. The van der Waals surface area contributed by atoms with E-state index in [1.54, 1.807) is 12.3 Å². The third kappa shape index (κ3) is 4.04. The summed E-state index contributed by atoms with van der Waals surface area (Å²) in [5, 5.41) is 6.07. The summed E-state index contributed by atoms with van der Waals surface area (Å²) in [6.07, 6.45) is 2.55. The molecular weight excluding hydrogens is 276 g/mol. The predicted octanol–water partition coefficient (Wildman–Crippen LogP) is 3.56. The maximum atomic E-state index is 12.4. The van der Waals surface area contributed by atoms with Crippen molar-refractivity contribution in [2.45, 2.75) is 40.2 Å². The van der Waals surface area contributed by atoms with Crippen LogP contribution in [-0.4, -0.2) is 21.9 Å². The molecule has 2 N–H and O–H groups in total. The molecule has 0 fully saturated rings. The van der Waals surface area contributed by atoms with Crippen molar-refractivity contribution in [3.8, 4) is 0 Å². The van der Waals surface area contributed by atoms with Crippen LogP contribution < -0.4 is 10.6 Å². The second-order valence-corrected chi connectivity index (χ2v) is 5.49. The zero-order chi connectivity index (χ0) is 16.1. The number of amides is 1. The Kier molecular flexibility index (Phi) is 5.09. The van der Waals surface area contributed by atoms with Gasteiger partial charge >= 0.3 is 0 Å². The molecule has 1 unspecified atom stereocenters. The van der Waals surface area contributed by atoms with Crippen molar-refractivity contribution in [1.29, 1.82) is 0 Å². The van der Waals surface area contributed by atoms with Crippen LogP contribution >= 0.6 is 0 Å². The first-order valence-electron chi connectivity index (χ1n) is 7.47. The molecule has 0 spiro atoms. The molecule has 1 aromatic heterocycles. The van der Waals surface area contributed by atoms with E-state index >= 15 is 0 Å². The number of nitrogens with zero attached hydrogens (tertiary/aromatic N) is 2. The summed E-state index contributed by atoms with van der Waals surface area (Å²) in [4.78, 5) is 20.8. The Morgan fingerprint density at radius 3 is 2.77 bits per heavy atom. The first kappa shape index (κ1) is 15.9. The zero-order valence-corrected chi connectivity index (χ0v) is 13.5. The number of benzene rings is 1. The van der Waals surface area contributed by atoms with Crippen LogP contribution in [0.25, 0.3) is 0 Å². The Morgan fingerprint density at radius 2 is 2.05 bits per heavy atom. The maximum absolute atomic E-state index is 12.4. The Balaban J connectivity index is 2.15. The van der Waals surface area contributed by atoms with Crippen LogP contribution in [-0.2, 0) is 0 Å². The fraction of sp³-hybridized carbons (Fsp3) is 0.353. The predicted molar refractivity (Wildman–Crippen MR) is 89.3 cm³/mol. The quantitative estimate of drug-likeness (QED) is 0.885. The van der Waals surface area contributed by atoms with Gasteiger partial charge in [-0.15, -0.1) is 0 Å². The molecule has 5 nitrogen and oxygen atoms in total. The van der Waals surface area contributed by atoms with Crippen LogP contribution in [0.4, 0.5) is 11.6 Å². The summed E-state index contributed by atoms with van der Waals surface area (Å²) in [7, 11) is 0. The van der Waals surface area contributed by atoms with Crippen LogP contribution in [0.5, 0.6) is 0 Å². The van der Waals surface area contributed by atoms with E-state index in [-0.39, 0.29) is 11.9 Å². The van der Waals surface area contributed by atoms with Gasteiger partial charge in [0, 0.05) is 17.9 Å². The van der Waals surface area contributed by atoms with E-state index < -0.39 is 0 Å². The lowest BCUT2D eigenvalue weighted by molar-refractivity contribution is 0.102. The maximum Gasteiger partial charge on any atom is 0.274 e. The van der Waals surface area contributed by atoms with E-state index in [1.165, 1.54) is 0 Å². The van der Waals surface area contributed by atoms with E-state index in [9.17, 15) is 4.79 Å². The minimum atomic E-state index is -0.233. The molecule has 0 bridgehead atoms. The smallest absolute Gasteiger partial charge is 0.274 e. The summed E-state index contributed by atoms with van der Waals surface area (Å²) >= 11 is 0. The van der Waals surface area contributed by atoms with Gasteiger partial charge in [-0.25, -0.2) is 9.97 Å². The number of anilines is 2. The van der Waals surface area contributed by atoms with Gasteiger partial charge in [-0.05, 0) is 50.5 Å². The Labute approximate surface area is 131 Å². The topological polar surface area (TPSA) is 66.9 Å². The van der Waals surface area contributed by atoms with E-state index in [4.69, 9.17) is 0 Å². The Morgan fingerprint density at radius 1 is 1.27 bits per heavy atom. The largest absolute Gasteiger partial charge is 0.352 e. The summed E-state index contributed by atoms with van der Waals surface area (Å²) in [6, 6.07) is 7.83. The molecule has 0 radical (unpaired) electrons. The first-order chi connectivity index (χ1) is 10.5. The lowest BCUT2D eigenvalue weighted by atomic mass is 10.1. The number of rotatable bonds is 5. The molecule has 0 aliphatic carbocycles. The number of nitrogens with one attached hydrogen (secondary N) is 2. The van der Waals surface area contributed by atoms with Crippen molar-refractivity contribution < 1.29 is 4.79 Å². The molecule has 0 saturated carbocycles. The van der Waals surface area contributed by atoms with Crippen molar-refractivity contribution in [1.82, 2.24) is 9.97 Å². The van der Waals surface area contributed by atoms with Gasteiger partial charge in [0.1, 0.15) is 5.69 Å². The summed E-state index contributed by atoms with van der Waals surface area (Å²) < 4.78 is 0. The minimum Gasteiger partial charge on any atom is -0.352 e. The number of carbonyl (C=O) groups excluding carboxylic acids is 1. The highest BCUT2D eigenvalue weighted by molar-refractivity contribution is 6.03. The van der Waals surface area contributed by atoms with Crippen molar-refractivity contribution in [2.75, 3.05) is 10.6 Å². The lowest BCUT2D eigenvalue weighted by Gasteiger charge is -2.12. The number of hydrogen-bond acceptors (Lipinski definition) is 4. The lowest BCUT2D eigenvalue weighted by Crippen LogP contribution is -2.19. The number of carbonyl (C=O) groups is 1. The highest BCUT2D eigenvalue weighted by Crippen LogP contribution is 2.17. The highest BCUT2D eigenvalue weighted by atomic mass is 16.1. The fourth-order valence-electron chi connectivity index (χ4n) is 1.93. The molecule has 0 aliphatic rings. The van der Waals surface area contributed by atoms with Crippen LogP contribution in [0.1, 0.15) is 41.9 Å². The average molecular weight is 298 g/mol. The van der Waals surface area contributed by atoms with Gasteiger partial charge in [-0.3, -0.25) is 4.79 Å². The van der Waals surface area contributed by atoms with E-state index in [1.807, 2.05) is 39.0 Å². The molecule has 5 heteroatoms. The standard InChI is InChI=1S/C17H22N4O/c1-5-13(4)19-17-18-9-8-14(21-17)16(22)20-15-10-11(2)6-7-12(15)3/h6-10,13H,5H2,1-4H3,(H,20,22)(H,18,19,21). The van der Waals surface area contributed by atoms with Crippen molar-refractivity contribution in [3.05, 3.63) is 47.3 Å². The number of aryl methyl sites for hydroxylation is 2. The Bertz CT molecular complexity index is 669. The normalized spacial score (nSPS) is 11.8. The van der Waals surface area contributed by atoms with Crippen LogP contribution in [0.2, 0.25) is 0 Å². The van der Waals surface area contributed by atoms with Crippen molar-refractivity contribution in [2.24, 2.45) is 0 Å². The summed E-state index contributed by atoms with van der Waals surface area (Å²) in [6.45, 7) is 8.08. The molecule has 1 amide bonds. The molecule has 1 atom stereocenters. The van der Waals surface area contributed by atoms with Crippen LogP contribution in [0, 0.1) is 13.8 Å². The molecule has 0 aliphatic heterocycles. The van der Waals surface area contributed by atoms with Gasteiger partial charge in [0.2, 0.25) is 5.95 Å². The van der Waals surface area contributed by atoms with Gasteiger partial charge in [0.05, 0.1) is 0 Å². The van der Waals surface area contributed by atoms with E-state index in [0.29, 0.717) is 11.6 Å². The molecule has 22 heavy (non-hydrogen) atoms. The van der Waals surface area contributed by atoms with Crippen molar-refractivity contribution >= 4 is 17.5 Å². The van der Waals surface area contributed by atoms with E-state index in [2.05, 4.69) is 27.5 Å². The molecule has 2 aromatic rings. The van der Waals surface area contributed by atoms with Gasteiger partial charge in [0.15, 0.2) is 0 Å². The highest BCUT2D eigenvalue weighted by Gasteiger charge is 2.11. The van der Waals surface area contributed by atoms with Crippen LogP contribution in [0.3, 0.4) is 0 Å². The van der Waals surface area contributed by atoms with Crippen LogP contribution in [0.15, 0.2) is 30.5 Å². The molecular formula is C17H22N4O. The molecule has 1 heterocycles. The number of hydrogen-bond donors (Lipinski definition) is 2. The second kappa shape index (κ2) is 7.02. The van der Waals surface area contributed by atoms with Gasteiger partial charge in [-0.2, -0.15) is 0 Å². The van der Waals surface area contributed by atoms with E-state index in [0.717, 1.165) is 23.2 Å². The second-order valence-electron chi connectivity index (χ2n) is 5.49. The molecule has 116 valence electrons. The average Bonchev–Trinajstić information content (AvgIpc) is 2.51. The molecule has 0 saturated heterocycles. The number of aromatic nitrogens is 2. The zero-order valence-electron chi connectivity index (χ0n) is 13.5. The minimum absolute atomic E-state index is 0.233. The third-order valence-corrected chi connectivity index (χ3v) is 3.52. The summed E-state index contributed by atoms with van der Waals surface area (Å²) in [5.74, 6) is 0.242. The Hall–Kier alpha value is -2.43. The van der Waals surface area contributed by atoms with Crippen molar-refractivity contribution in [3.63, 3.8) is 0 Å².